The molecule has 0 spiro atoms. The van der Waals surface area contributed by atoms with E-state index in [2.05, 4.69) is 15.0 Å². The Labute approximate surface area is 174 Å². The monoisotopic (exact) mass is 408 g/mol. The molecule has 8 nitrogen and oxygen atoms in total. The highest BCUT2D eigenvalue weighted by atomic mass is 16.7. The first-order chi connectivity index (χ1) is 14.7. The Kier molecular flexibility index (Phi) is 6.46. The molecule has 3 heterocycles. The molecule has 1 aliphatic heterocycles. The predicted molar refractivity (Wildman–Crippen MR) is 110 cm³/mol. The van der Waals surface area contributed by atoms with Crippen molar-refractivity contribution < 1.29 is 14.2 Å². The van der Waals surface area contributed by atoms with Gasteiger partial charge in [-0.2, -0.15) is 4.98 Å². The van der Waals surface area contributed by atoms with Crippen LogP contribution in [0.3, 0.4) is 0 Å². The second-order valence-electron chi connectivity index (χ2n) is 7.06. The van der Waals surface area contributed by atoms with Crippen LogP contribution in [0.2, 0.25) is 0 Å². The summed E-state index contributed by atoms with van der Waals surface area (Å²) in [6, 6.07) is 13.2. The molecule has 0 aliphatic carbocycles. The van der Waals surface area contributed by atoms with Crippen LogP contribution >= 0.6 is 0 Å². The van der Waals surface area contributed by atoms with E-state index in [9.17, 15) is 4.79 Å². The standard InChI is InChI=1S/C22H24N4O4/c1-26-20(27)13-18(17-10-11-23-15-24-17)25-22(26)29-14-19(16-7-3-2-4-8-16)30-21-9-5-6-12-28-21/h2-4,7-8,10-11,13,15,19,21H,5-6,9,12,14H2,1H3. The summed E-state index contributed by atoms with van der Waals surface area (Å²) in [6.07, 6.45) is 5.37. The largest absolute Gasteiger partial charge is 0.461 e. The minimum Gasteiger partial charge on any atom is -0.461 e. The average Bonchev–Trinajstić information content (AvgIpc) is 2.81. The van der Waals surface area contributed by atoms with E-state index >= 15 is 0 Å². The van der Waals surface area contributed by atoms with Gasteiger partial charge in [-0.1, -0.05) is 30.3 Å². The highest BCUT2D eigenvalue weighted by molar-refractivity contribution is 5.52. The van der Waals surface area contributed by atoms with Crippen LogP contribution in [0, 0.1) is 0 Å². The van der Waals surface area contributed by atoms with Crippen molar-refractivity contribution in [2.75, 3.05) is 13.2 Å². The van der Waals surface area contributed by atoms with Crippen LogP contribution in [-0.4, -0.2) is 39.0 Å². The third kappa shape index (κ3) is 4.90. The first kappa shape index (κ1) is 20.2. The Morgan fingerprint density at radius 2 is 2.07 bits per heavy atom. The Bertz CT molecular complexity index is 1000. The average molecular weight is 408 g/mol. The number of rotatable bonds is 7. The fraction of sp³-hybridized carbons (Fsp3) is 0.364. The molecule has 0 radical (unpaired) electrons. The maximum atomic E-state index is 12.4. The lowest BCUT2D eigenvalue weighted by Gasteiger charge is -2.28. The van der Waals surface area contributed by atoms with E-state index in [1.165, 1.54) is 17.0 Å². The number of benzene rings is 1. The summed E-state index contributed by atoms with van der Waals surface area (Å²) >= 11 is 0. The normalized spacial score (nSPS) is 17.4. The van der Waals surface area contributed by atoms with E-state index in [1.807, 2.05) is 30.3 Å². The summed E-state index contributed by atoms with van der Waals surface area (Å²) in [5.41, 5.74) is 1.73. The van der Waals surface area contributed by atoms with E-state index in [0.29, 0.717) is 18.0 Å². The van der Waals surface area contributed by atoms with Gasteiger partial charge >= 0.3 is 0 Å². The zero-order valence-electron chi connectivity index (χ0n) is 16.8. The molecule has 156 valence electrons. The van der Waals surface area contributed by atoms with Gasteiger partial charge in [0.2, 0.25) is 0 Å². The van der Waals surface area contributed by atoms with Crippen LogP contribution in [0.1, 0.15) is 30.9 Å². The second-order valence-corrected chi connectivity index (χ2v) is 7.06. The van der Waals surface area contributed by atoms with Crippen molar-refractivity contribution in [3.8, 4) is 17.4 Å². The van der Waals surface area contributed by atoms with Gasteiger partial charge in [-0.05, 0) is 30.9 Å². The molecule has 2 unspecified atom stereocenters. The topological polar surface area (TPSA) is 88.4 Å². The first-order valence-electron chi connectivity index (χ1n) is 10.00. The fourth-order valence-corrected chi connectivity index (χ4v) is 3.25. The Balaban J connectivity index is 1.55. The van der Waals surface area contributed by atoms with Crippen LogP contribution in [0.4, 0.5) is 0 Å². The molecule has 2 atom stereocenters. The van der Waals surface area contributed by atoms with E-state index in [4.69, 9.17) is 14.2 Å². The first-order valence-corrected chi connectivity index (χ1v) is 10.00. The second kappa shape index (κ2) is 9.60. The van der Waals surface area contributed by atoms with Crippen LogP contribution in [0.5, 0.6) is 6.01 Å². The van der Waals surface area contributed by atoms with Gasteiger partial charge in [0.15, 0.2) is 6.29 Å². The fourth-order valence-electron chi connectivity index (χ4n) is 3.25. The lowest BCUT2D eigenvalue weighted by Crippen LogP contribution is -2.28. The van der Waals surface area contributed by atoms with Crippen molar-refractivity contribution in [3.05, 3.63) is 70.9 Å². The number of hydrogen-bond acceptors (Lipinski definition) is 7. The number of aromatic nitrogens is 4. The van der Waals surface area contributed by atoms with Crippen molar-refractivity contribution in [2.45, 2.75) is 31.7 Å². The molecule has 3 aromatic rings. The van der Waals surface area contributed by atoms with Gasteiger partial charge in [0, 0.05) is 25.9 Å². The van der Waals surface area contributed by atoms with E-state index in [0.717, 1.165) is 24.8 Å². The number of ether oxygens (including phenoxy) is 3. The highest BCUT2D eigenvalue weighted by Crippen LogP contribution is 2.25. The quantitative estimate of drug-likeness (QED) is 0.594. The van der Waals surface area contributed by atoms with E-state index in [-0.39, 0.29) is 30.6 Å². The van der Waals surface area contributed by atoms with E-state index in [1.54, 1.807) is 19.3 Å². The third-order valence-corrected chi connectivity index (χ3v) is 4.93. The minimum atomic E-state index is -0.353. The van der Waals surface area contributed by atoms with Gasteiger partial charge in [0.25, 0.3) is 11.6 Å². The van der Waals surface area contributed by atoms with E-state index < -0.39 is 0 Å². The van der Waals surface area contributed by atoms with Gasteiger partial charge in [-0.3, -0.25) is 9.36 Å². The summed E-state index contributed by atoms with van der Waals surface area (Å²) in [6.45, 7) is 0.890. The Hall–Kier alpha value is -3.10. The van der Waals surface area contributed by atoms with Crippen molar-refractivity contribution in [3.63, 3.8) is 0 Å². The third-order valence-electron chi connectivity index (χ3n) is 4.93. The molecule has 1 aliphatic rings. The van der Waals surface area contributed by atoms with Crippen molar-refractivity contribution in [1.82, 2.24) is 19.5 Å². The summed E-state index contributed by atoms with van der Waals surface area (Å²) in [5, 5.41) is 0. The minimum absolute atomic E-state index is 0.192. The van der Waals surface area contributed by atoms with Crippen molar-refractivity contribution in [1.29, 1.82) is 0 Å². The van der Waals surface area contributed by atoms with Gasteiger partial charge in [0.05, 0.1) is 11.4 Å². The van der Waals surface area contributed by atoms with Gasteiger partial charge in [-0.25, -0.2) is 9.97 Å². The Morgan fingerprint density at radius 1 is 1.20 bits per heavy atom. The highest BCUT2D eigenvalue weighted by Gasteiger charge is 2.22. The lowest BCUT2D eigenvalue weighted by molar-refractivity contribution is -0.195. The SMILES string of the molecule is Cn1c(OCC(OC2CCCCO2)c2ccccc2)nc(-c2ccncn2)cc1=O. The smallest absolute Gasteiger partial charge is 0.299 e. The van der Waals surface area contributed by atoms with Crippen LogP contribution in [0.25, 0.3) is 11.4 Å². The Morgan fingerprint density at radius 3 is 2.80 bits per heavy atom. The number of hydrogen-bond donors (Lipinski definition) is 0. The van der Waals surface area contributed by atoms with Crippen LogP contribution < -0.4 is 10.3 Å². The molecule has 8 heteroatoms. The zero-order chi connectivity index (χ0) is 20.8. The molecule has 1 fully saturated rings. The molecule has 2 aromatic heterocycles. The predicted octanol–water partition coefficient (Wildman–Crippen LogP) is 2.90. The molecule has 0 amide bonds. The zero-order valence-corrected chi connectivity index (χ0v) is 16.8. The molecule has 4 rings (SSSR count). The maximum Gasteiger partial charge on any atom is 0.299 e. The van der Waals surface area contributed by atoms with Crippen molar-refractivity contribution >= 4 is 0 Å². The molecule has 0 N–H and O–H groups in total. The van der Waals surface area contributed by atoms with Crippen LogP contribution in [0.15, 0.2) is 59.8 Å². The van der Waals surface area contributed by atoms with Crippen molar-refractivity contribution in [2.24, 2.45) is 7.05 Å². The van der Waals surface area contributed by atoms with Crippen LogP contribution in [-0.2, 0) is 16.5 Å². The molecule has 30 heavy (non-hydrogen) atoms. The maximum absolute atomic E-state index is 12.4. The van der Waals surface area contributed by atoms with Gasteiger partial charge in [0.1, 0.15) is 19.0 Å². The summed E-state index contributed by atoms with van der Waals surface area (Å²) in [4.78, 5) is 25.0. The molecule has 1 aromatic carbocycles. The number of nitrogens with zero attached hydrogens (tertiary/aromatic N) is 4. The van der Waals surface area contributed by atoms with Gasteiger partial charge in [-0.15, -0.1) is 0 Å². The van der Waals surface area contributed by atoms with Gasteiger partial charge < -0.3 is 14.2 Å². The molecular formula is C22H24N4O4. The summed E-state index contributed by atoms with van der Waals surface area (Å²) < 4.78 is 19.3. The molecule has 0 saturated carbocycles. The molecule has 1 saturated heterocycles. The molecular weight excluding hydrogens is 384 g/mol. The summed E-state index contributed by atoms with van der Waals surface area (Å²) in [5.74, 6) is 0. The summed E-state index contributed by atoms with van der Waals surface area (Å²) in [7, 11) is 1.62. The lowest BCUT2D eigenvalue weighted by atomic mass is 10.1. The molecule has 0 bridgehead atoms.